The zero-order chi connectivity index (χ0) is 18.2. The van der Waals surface area contributed by atoms with E-state index in [0.717, 1.165) is 17.0 Å². The van der Waals surface area contributed by atoms with Crippen molar-refractivity contribution in [2.75, 3.05) is 25.0 Å². The lowest BCUT2D eigenvalue weighted by molar-refractivity contribution is 0.143. The summed E-state index contributed by atoms with van der Waals surface area (Å²) in [7, 11) is 1.66. The molecule has 0 spiro atoms. The SMILES string of the molecule is CNC(=S)NC[C@H]1CN(c2cc(F)c(C3(C#N)CC3)c(F)c2)C(=O)O1. The summed E-state index contributed by atoms with van der Waals surface area (Å²) >= 11 is 4.94. The Hall–Kier alpha value is -2.47. The number of anilines is 1. The number of rotatable bonds is 4. The summed E-state index contributed by atoms with van der Waals surface area (Å²) in [6.45, 7) is 0.419. The molecule has 0 aromatic heterocycles. The number of benzene rings is 1. The summed E-state index contributed by atoms with van der Waals surface area (Å²) in [5, 5.41) is 15.2. The van der Waals surface area contributed by atoms with Crippen molar-refractivity contribution in [2.24, 2.45) is 0 Å². The van der Waals surface area contributed by atoms with Gasteiger partial charge in [0.15, 0.2) is 5.11 Å². The fourth-order valence-corrected chi connectivity index (χ4v) is 2.93. The predicted molar refractivity (Wildman–Crippen MR) is 90.2 cm³/mol. The molecule has 1 aliphatic carbocycles. The van der Waals surface area contributed by atoms with Crippen LogP contribution >= 0.6 is 12.2 Å². The number of hydrogen-bond donors (Lipinski definition) is 2. The Bertz CT molecular complexity index is 753. The van der Waals surface area contributed by atoms with Gasteiger partial charge in [-0.3, -0.25) is 4.90 Å². The molecule has 1 saturated heterocycles. The fourth-order valence-electron chi connectivity index (χ4n) is 2.85. The number of amides is 1. The fraction of sp³-hybridized carbons (Fsp3) is 0.438. The first-order valence-corrected chi connectivity index (χ1v) is 8.15. The lowest BCUT2D eigenvalue weighted by Gasteiger charge is -2.17. The Morgan fingerprint density at radius 3 is 2.64 bits per heavy atom. The topological polar surface area (TPSA) is 77.4 Å². The number of cyclic esters (lactones) is 1. The maximum absolute atomic E-state index is 14.4. The number of carbonyl (C=O) groups is 1. The van der Waals surface area contributed by atoms with Crippen molar-refractivity contribution in [3.63, 3.8) is 0 Å². The molecule has 1 saturated carbocycles. The van der Waals surface area contributed by atoms with Crippen LogP contribution in [0.1, 0.15) is 18.4 Å². The van der Waals surface area contributed by atoms with E-state index in [1.165, 1.54) is 0 Å². The molecule has 6 nitrogen and oxygen atoms in total. The quantitative estimate of drug-likeness (QED) is 0.793. The van der Waals surface area contributed by atoms with Crippen molar-refractivity contribution >= 4 is 29.1 Å². The zero-order valence-electron chi connectivity index (χ0n) is 13.4. The summed E-state index contributed by atoms with van der Waals surface area (Å²) < 4.78 is 34.0. The Kier molecular flexibility index (Phi) is 4.47. The van der Waals surface area contributed by atoms with E-state index in [0.29, 0.717) is 18.0 Å². The average Bonchev–Trinajstić information content (AvgIpc) is 3.27. The maximum atomic E-state index is 14.4. The van der Waals surface area contributed by atoms with Gasteiger partial charge in [-0.2, -0.15) is 5.26 Å². The van der Waals surface area contributed by atoms with Crippen molar-refractivity contribution in [3.8, 4) is 6.07 Å². The van der Waals surface area contributed by atoms with Crippen LogP contribution in [0, 0.1) is 23.0 Å². The van der Waals surface area contributed by atoms with Crippen LogP contribution in [0.25, 0.3) is 0 Å². The maximum Gasteiger partial charge on any atom is 0.414 e. The molecule has 25 heavy (non-hydrogen) atoms. The van der Waals surface area contributed by atoms with E-state index in [1.54, 1.807) is 7.05 Å². The second-order valence-electron chi connectivity index (χ2n) is 6.05. The minimum absolute atomic E-state index is 0.0659. The first-order valence-electron chi connectivity index (χ1n) is 7.74. The number of nitriles is 1. The Morgan fingerprint density at radius 1 is 1.48 bits per heavy atom. The molecule has 1 amide bonds. The van der Waals surface area contributed by atoms with E-state index in [4.69, 9.17) is 22.2 Å². The normalized spacial score (nSPS) is 20.6. The highest BCUT2D eigenvalue weighted by atomic mass is 32.1. The molecule has 2 N–H and O–H groups in total. The minimum atomic E-state index is -1.08. The molecule has 1 aromatic carbocycles. The van der Waals surface area contributed by atoms with Crippen LogP contribution in [-0.4, -0.2) is 37.4 Å². The number of hydrogen-bond acceptors (Lipinski definition) is 4. The van der Waals surface area contributed by atoms with E-state index in [1.807, 2.05) is 6.07 Å². The lowest BCUT2D eigenvalue weighted by Crippen LogP contribution is -2.39. The van der Waals surface area contributed by atoms with Gasteiger partial charge in [-0.1, -0.05) is 0 Å². The van der Waals surface area contributed by atoms with Gasteiger partial charge >= 0.3 is 6.09 Å². The molecule has 9 heteroatoms. The third-order valence-electron chi connectivity index (χ3n) is 4.37. The standard InChI is InChI=1S/C16H16F2N4O2S/c1-20-14(25)21-6-10-7-22(15(23)24-10)9-4-11(17)13(12(18)5-9)16(8-19)2-3-16/h4-5,10H,2-3,6-7H2,1H3,(H2,20,21,25)/t10-/m0/s1. The number of halogens is 2. The van der Waals surface area contributed by atoms with Crippen molar-refractivity contribution in [3.05, 3.63) is 29.3 Å². The van der Waals surface area contributed by atoms with Gasteiger partial charge in [-0.05, 0) is 37.2 Å². The molecule has 2 aliphatic rings. The van der Waals surface area contributed by atoms with Crippen LogP contribution < -0.4 is 15.5 Å². The van der Waals surface area contributed by atoms with E-state index in [9.17, 15) is 13.6 Å². The molecule has 132 valence electrons. The highest BCUT2D eigenvalue weighted by molar-refractivity contribution is 7.80. The second-order valence-corrected chi connectivity index (χ2v) is 6.46. The van der Waals surface area contributed by atoms with Crippen LogP contribution in [0.15, 0.2) is 12.1 Å². The highest BCUT2D eigenvalue weighted by Gasteiger charge is 2.49. The van der Waals surface area contributed by atoms with Crippen LogP contribution in [0.2, 0.25) is 0 Å². The summed E-state index contributed by atoms with van der Waals surface area (Å²) in [4.78, 5) is 13.2. The smallest absolute Gasteiger partial charge is 0.414 e. The van der Waals surface area contributed by atoms with E-state index < -0.39 is 29.2 Å². The van der Waals surface area contributed by atoms with Crippen LogP contribution in [0.5, 0.6) is 0 Å². The summed E-state index contributed by atoms with van der Waals surface area (Å²) in [6, 6.07) is 4.13. The predicted octanol–water partition coefficient (Wildman–Crippen LogP) is 1.94. The summed E-state index contributed by atoms with van der Waals surface area (Å²) in [6.07, 6.45) is -0.322. The van der Waals surface area contributed by atoms with Gasteiger partial charge in [0.1, 0.15) is 17.7 Å². The van der Waals surface area contributed by atoms with Crippen molar-refractivity contribution in [2.45, 2.75) is 24.4 Å². The number of thiocarbonyl (C=S) groups is 1. The third kappa shape index (κ3) is 3.22. The van der Waals surface area contributed by atoms with Gasteiger partial charge < -0.3 is 15.4 Å². The van der Waals surface area contributed by atoms with Gasteiger partial charge in [0.25, 0.3) is 0 Å². The molecule has 0 radical (unpaired) electrons. The van der Waals surface area contributed by atoms with E-state index >= 15 is 0 Å². The minimum Gasteiger partial charge on any atom is -0.442 e. The molecule has 1 heterocycles. The molecule has 1 atom stereocenters. The molecular weight excluding hydrogens is 350 g/mol. The van der Waals surface area contributed by atoms with Crippen molar-refractivity contribution in [1.29, 1.82) is 5.26 Å². The molecule has 0 bridgehead atoms. The second kappa shape index (κ2) is 6.44. The molecular formula is C16H16F2N4O2S. The number of carbonyl (C=O) groups excluding carboxylic acids is 1. The van der Waals surface area contributed by atoms with Crippen LogP contribution in [-0.2, 0) is 10.2 Å². The van der Waals surface area contributed by atoms with Crippen molar-refractivity contribution in [1.82, 2.24) is 10.6 Å². The molecule has 1 aliphatic heterocycles. The zero-order valence-corrected chi connectivity index (χ0v) is 14.3. The first-order chi connectivity index (χ1) is 11.9. The van der Waals surface area contributed by atoms with Gasteiger partial charge in [0.2, 0.25) is 0 Å². The van der Waals surface area contributed by atoms with Crippen LogP contribution in [0.4, 0.5) is 19.3 Å². The third-order valence-corrected chi connectivity index (χ3v) is 4.72. The Morgan fingerprint density at radius 2 is 2.12 bits per heavy atom. The molecule has 2 fully saturated rings. The number of nitrogens with zero attached hydrogens (tertiary/aromatic N) is 2. The Balaban J connectivity index is 1.77. The first kappa shape index (κ1) is 17.4. The van der Waals surface area contributed by atoms with Crippen molar-refractivity contribution < 1.29 is 18.3 Å². The van der Waals surface area contributed by atoms with E-state index in [-0.39, 0.29) is 24.3 Å². The molecule has 1 aromatic rings. The monoisotopic (exact) mass is 366 g/mol. The lowest BCUT2D eigenvalue weighted by atomic mass is 9.96. The molecule has 0 unspecified atom stereocenters. The van der Waals surface area contributed by atoms with Crippen LogP contribution in [0.3, 0.4) is 0 Å². The van der Waals surface area contributed by atoms with Gasteiger partial charge in [-0.25, -0.2) is 13.6 Å². The highest BCUT2D eigenvalue weighted by Crippen LogP contribution is 2.50. The van der Waals surface area contributed by atoms with Gasteiger partial charge in [0.05, 0.1) is 30.3 Å². The molecule has 3 rings (SSSR count). The Labute approximate surface area is 148 Å². The largest absolute Gasteiger partial charge is 0.442 e. The summed E-state index contributed by atoms with van der Waals surface area (Å²) in [5.41, 5.74) is -1.23. The summed E-state index contributed by atoms with van der Waals surface area (Å²) in [5.74, 6) is -1.64. The number of ether oxygens (including phenoxy) is 1. The van der Waals surface area contributed by atoms with Gasteiger partial charge in [-0.15, -0.1) is 0 Å². The number of nitrogens with one attached hydrogen (secondary N) is 2. The average molecular weight is 366 g/mol. The van der Waals surface area contributed by atoms with Gasteiger partial charge in [0, 0.05) is 12.6 Å². The van der Waals surface area contributed by atoms with E-state index in [2.05, 4.69) is 10.6 Å².